The predicted molar refractivity (Wildman–Crippen MR) is 158 cm³/mol. The molecule has 17 heteroatoms. The number of hydrogen-bond acceptors (Lipinski definition) is 9. The Kier molecular flexibility index (Phi) is 15.6. The zero-order valence-electron chi connectivity index (χ0n) is 26.4. The van der Waals surface area contributed by atoms with Gasteiger partial charge in [-0.1, -0.05) is 27.7 Å². The van der Waals surface area contributed by atoms with Crippen molar-refractivity contribution in [2.24, 2.45) is 5.92 Å². The van der Waals surface area contributed by atoms with E-state index in [4.69, 9.17) is 0 Å². The van der Waals surface area contributed by atoms with Crippen LogP contribution in [0.1, 0.15) is 80.6 Å². The minimum atomic E-state index is -5.13. The summed E-state index contributed by atoms with van der Waals surface area (Å²) in [6, 6.07) is -5.73. The normalized spacial score (nSPS) is 18.7. The van der Waals surface area contributed by atoms with E-state index in [0.717, 1.165) is 6.92 Å². The summed E-state index contributed by atoms with van der Waals surface area (Å²) in [4.78, 5) is 96.2. The monoisotopic (exact) mass is 649 g/mol. The summed E-state index contributed by atoms with van der Waals surface area (Å²) in [7, 11) is -5.13. The van der Waals surface area contributed by atoms with E-state index in [9.17, 15) is 48.2 Å². The summed E-state index contributed by atoms with van der Waals surface area (Å²) in [5, 5.41) is 19.6. The molecule has 1 aliphatic rings. The smallest absolute Gasteiger partial charge is 0.469 e. The molecule has 6 atom stereocenters. The van der Waals surface area contributed by atoms with Crippen LogP contribution in [0.5, 0.6) is 0 Å². The molecule has 0 aromatic heterocycles. The third-order valence-electron chi connectivity index (χ3n) is 6.98. The Labute approximate surface area is 257 Å². The van der Waals surface area contributed by atoms with Gasteiger partial charge in [-0.3, -0.25) is 33.3 Å². The zero-order chi connectivity index (χ0) is 33.9. The van der Waals surface area contributed by atoms with Crippen molar-refractivity contribution in [1.29, 1.82) is 0 Å². The summed E-state index contributed by atoms with van der Waals surface area (Å²) in [6.07, 6.45) is -1.19. The molecule has 1 saturated heterocycles. The Morgan fingerprint density at radius 3 is 2.05 bits per heavy atom. The number of rotatable bonds is 18. The van der Waals surface area contributed by atoms with Crippen molar-refractivity contribution in [2.75, 3.05) is 6.54 Å². The molecule has 7 N–H and O–H groups in total. The highest BCUT2D eigenvalue weighted by Gasteiger charge is 2.40. The number of carbonyl (C=O) groups excluding carboxylic acids is 5. The van der Waals surface area contributed by atoms with Crippen LogP contribution in [-0.4, -0.2) is 104 Å². The number of Topliss-reactive ketones (excluding diaryl/α,β-unsaturated/α-hetero) is 1. The van der Waals surface area contributed by atoms with Gasteiger partial charge in [0, 0.05) is 19.0 Å². The Morgan fingerprint density at radius 2 is 1.55 bits per heavy atom. The lowest BCUT2D eigenvalue weighted by Crippen LogP contribution is -2.60. The minimum Gasteiger partial charge on any atom is -0.481 e. The predicted octanol–water partition coefficient (Wildman–Crippen LogP) is -0.184. The van der Waals surface area contributed by atoms with Gasteiger partial charge >= 0.3 is 13.8 Å². The molecule has 252 valence electrons. The first-order valence-corrected chi connectivity index (χ1v) is 16.2. The van der Waals surface area contributed by atoms with Crippen LogP contribution >= 0.6 is 7.82 Å². The molecule has 0 saturated carbocycles. The molecule has 0 aromatic rings. The SMILES string of the molecule is CC(=O)[C@H](C)NC(=O)[C@@H](NC(=O)[C@H](CCC(=O)O)NC(=O)[C@@H]1CCCN1C(=O)[C@H](CC(C)C)NC(C)C)C(C)OP(=O)(O)O. The number of likely N-dealkylation sites (tertiary alicyclic amines) is 1. The number of aliphatic carboxylic acids is 1. The largest absolute Gasteiger partial charge is 0.481 e. The lowest BCUT2D eigenvalue weighted by atomic mass is 10.0. The Bertz CT molecular complexity index is 1090. The van der Waals surface area contributed by atoms with Crippen LogP contribution in [0.25, 0.3) is 0 Å². The number of amides is 4. The minimum absolute atomic E-state index is 0.00204. The fraction of sp³-hybridized carbons (Fsp3) is 0.778. The van der Waals surface area contributed by atoms with Gasteiger partial charge < -0.3 is 41.1 Å². The van der Waals surface area contributed by atoms with E-state index in [1.807, 2.05) is 27.7 Å². The third kappa shape index (κ3) is 13.4. The fourth-order valence-electron chi connectivity index (χ4n) is 4.75. The molecule has 0 aromatic carbocycles. The summed E-state index contributed by atoms with van der Waals surface area (Å²) >= 11 is 0. The highest BCUT2D eigenvalue weighted by atomic mass is 31.2. The molecular formula is C27H48N5O11P. The average Bonchev–Trinajstić information content (AvgIpc) is 3.36. The van der Waals surface area contributed by atoms with Gasteiger partial charge in [-0.2, -0.15) is 0 Å². The summed E-state index contributed by atoms with van der Waals surface area (Å²) in [6.45, 7) is 11.7. The highest BCUT2D eigenvalue weighted by Crippen LogP contribution is 2.38. The molecule has 0 radical (unpaired) electrons. The molecule has 1 aliphatic heterocycles. The van der Waals surface area contributed by atoms with Crippen molar-refractivity contribution in [3.63, 3.8) is 0 Å². The number of carbonyl (C=O) groups is 6. The van der Waals surface area contributed by atoms with E-state index in [0.29, 0.717) is 25.8 Å². The lowest BCUT2D eigenvalue weighted by molar-refractivity contribution is -0.142. The van der Waals surface area contributed by atoms with Crippen molar-refractivity contribution in [1.82, 2.24) is 26.2 Å². The van der Waals surface area contributed by atoms with Gasteiger partial charge in [0.05, 0.1) is 18.2 Å². The standard InChI is InChI=1S/C27H48N5O11P/c1-14(2)13-20(28-15(3)4)27(39)32-12-8-9-21(32)25(37)30-19(10-11-22(34)35)24(36)31-23(18(7)43-44(40,41)42)26(38)29-16(5)17(6)33/h14-16,18-21,23,28H,8-13H2,1-7H3,(H,29,38)(H,30,37)(H,31,36)(H,34,35)(H2,40,41,42)/t16-,18?,19-,20-,21-,23-/m0/s1. The maximum absolute atomic E-state index is 13.5. The van der Waals surface area contributed by atoms with E-state index in [-0.39, 0.29) is 17.9 Å². The van der Waals surface area contributed by atoms with E-state index in [1.165, 1.54) is 18.7 Å². The van der Waals surface area contributed by atoms with Crippen LogP contribution in [0.4, 0.5) is 0 Å². The van der Waals surface area contributed by atoms with Crippen molar-refractivity contribution in [3.8, 4) is 0 Å². The van der Waals surface area contributed by atoms with E-state index >= 15 is 0 Å². The van der Waals surface area contributed by atoms with Crippen LogP contribution < -0.4 is 21.3 Å². The van der Waals surface area contributed by atoms with Gasteiger partial charge in [-0.05, 0) is 52.4 Å². The Balaban J connectivity index is 3.24. The first-order chi connectivity index (χ1) is 20.2. The summed E-state index contributed by atoms with van der Waals surface area (Å²) in [5.74, 6) is -4.52. The molecule has 1 rings (SSSR count). The number of nitrogens with one attached hydrogen (secondary N) is 4. The zero-order valence-corrected chi connectivity index (χ0v) is 27.3. The molecule has 4 amide bonds. The topological polar surface area (TPSA) is 241 Å². The number of carboxylic acids is 1. The van der Waals surface area contributed by atoms with Crippen molar-refractivity contribution in [2.45, 2.75) is 123 Å². The van der Waals surface area contributed by atoms with Gasteiger partial charge in [0.15, 0.2) is 5.78 Å². The number of phosphoric ester groups is 1. The number of carboxylic acid groups (broad SMARTS) is 1. The molecule has 16 nitrogen and oxygen atoms in total. The summed E-state index contributed by atoms with van der Waals surface area (Å²) < 4.78 is 16.1. The Morgan fingerprint density at radius 1 is 0.932 bits per heavy atom. The van der Waals surface area contributed by atoms with E-state index < -0.39 is 86.5 Å². The number of ketones is 1. The van der Waals surface area contributed by atoms with Crippen LogP contribution in [0.2, 0.25) is 0 Å². The van der Waals surface area contributed by atoms with Crippen LogP contribution in [0.15, 0.2) is 0 Å². The maximum atomic E-state index is 13.5. The average molecular weight is 650 g/mol. The van der Waals surface area contributed by atoms with E-state index in [1.54, 1.807) is 0 Å². The van der Waals surface area contributed by atoms with Crippen molar-refractivity contribution in [3.05, 3.63) is 0 Å². The molecule has 1 fully saturated rings. The second kappa shape index (κ2) is 17.5. The number of nitrogens with zero attached hydrogens (tertiary/aromatic N) is 1. The van der Waals surface area contributed by atoms with Crippen molar-refractivity contribution >= 4 is 43.2 Å². The number of phosphoric acid groups is 1. The lowest BCUT2D eigenvalue weighted by Gasteiger charge is -2.32. The van der Waals surface area contributed by atoms with Crippen LogP contribution in [-0.2, 0) is 37.9 Å². The number of hydrogen-bond donors (Lipinski definition) is 7. The summed E-state index contributed by atoms with van der Waals surface area (Å²) in [5.41, 5.74) is 0. The van der Waals surface area contributed by atoms with Gasteiger partial charge in [-0.15, -0.1) is 0 Å². The van der Waals surface area contributed by atoms with Crippen molar-refractivity contribution < 1.29 is 52.7 Å². The van der Waals surface area contributed by atoms with Gasteiger partial charge in [-0.25, -0.2) is 4.57 Å². The second-order valence-corrected chi connectivity index (χ2v) is 13.0. The van der Waals surface area contributed by atoms with Gasteiger partial charge in [0.1, 0.15) is 18.1 Å². The van der Waals surface area contributed by atoms with Gasteiger partial charge in [0.2, 0.25) is 23.6 Å². The third-order valence-corrected chi connectivity index (χ3v) is 7.59. The van der Waals surface area contributed by atoms with Gasteiger partial charge in [0.25, 0.3) is 0 Å². The maximum Gasteiger partial charge on any atom is 0.469 e. The van der Waals surface area contributed by atoms with Crippen LogP contribution in [0.3, 0.4) is 0 Å². The first kappa shape index (κ1) is 39.1. The van der Waals surface area contributed by atoms with Crippen LogP contribution in [0, 0.1) is 5.92 Å². The molecule has 1 unspecified atom stereocenters. The molecule has 1 heterocycles. The first-order valence-electron chi connectivity index (χ1n) is 14.7. The fourth-order valence-corrected chi connectivity index (χ4v) is 5.31. The van der Waals surface area contributed by atoms with E-state index in [2.05, 4.69) is 25.8 Å². The quantitative estimate of drug-likeness (QED) is 0.0957. The molecule has 44 heavy (non-hydrogen) atoms. The highest BCUT2D eigenvalue weighted by molar-refractivity contribution is 7.46. The molecule has 0 spiro atoms. The molecule has 0 bridgehead atoms. The Hall–Kier alpha value is -2.91. The molecule has 0 aliphatic carbocycles. The molecular weight excluding hydrogens is 601 g/mol. The second-order valence-electron chi connectivity index (χ2n) is 11.8.